The molecular weight excluding hydrogens is 294 g/mol. The molecule has 1 aliphatic carbocycles. The van der Waals surface area contributed by atoms with Gasteiger partial charge in [0.15, 0.2) is 5.82 Å². The van der Waals surface area contributed by atoms with E-state index in [1.807, 2.05) is 7.05 Å². The first-order valence-electron chi connectivity index (χ1n) is 6.48. The van der Waals surface area contributed by atoms with E-state index in [1.165, 1.54) is 12.8 Å². The third-order valence-corrected chi connectivity index (χ3v) is 4.05. The molecule has 1 aromatic rings. The number of ether oxygens (including phenoxy) is 1. The first-order valence-corrected chi connectivity index (χ1v) is 7.27. The van der Waals surface area contributed by atoms with E-state index in [9.17, 15) is 0 Å². The van der Waals surface area contributed by atoms with Crippen molar-refractivity contribution in [2.24, 2.45) is 5.92 Å². The van der Waals surface area contributed by atoms with Crippen LogP contribution in [0.2, 0.25) is 0 Å². The van der Waals surface area contributed by atoms with Crippen LogP contribution in [0.15, 0.2) is 4.47 Å². The molecule has 0 radical (unpaired) electrons. The molecule has 100 valence electrons. The highest BCUT2D eigenvalue weighted by Crippen LogP contribution is 2.42. The van der Waals surface area contributed by atoms with Crippen LogP contribution < -0.4 is 5.32 Å². The van der Waals surface area contributed by atoms with Crippen molar-refractivity contribution in [3.8, 4) is 0 Å². The van der Waals surface area contributed by atoms with Gasteiger partial charge in [-0.3, -0.25) is 0 Å². The Morgan fingerprint density at radius 3 is 2.67 bits per heavy atom. The van der Waals surface area contributed by atoms with Gasteiger partial charge in [-0.25, -0.2) is 9.97 Å². The Morgan fingerprint density at radius 2 is 2.17 bits per heavy atom. The summed E-state index contributed by atoms with van der Waals surface area (Å²) in [5, 5.41) is 3.12. The predicted molar refractivity (Wildman–Crippen MR) is 75.7 cm³/mol. The number of hydrogen-bond donors (Lipinski definition) is 1. The summed E-state index contributed by atoms with van der Waals surface area (Å²) in [7, 11) is 3.62. The lowest BCUT2D eigenvalue weighted by Gasteiger charge is -2.16. The van der Waals surface area contributed by atoms with Crippen molar-refractivity contribution < 1.29 is 4.74 Å². The molecule has 0 saturated heterocycles. The number of anilines is 1. The Morgan fingerprint density at radius 1 is 1.44 bits per heavy atom. The smallest absolute Gasteiger partial charge is 0.160 e. The minimum Gasteiger partial charge on any atom is -0.373 e. The van der Waals surface area contributed by atoms with Crippen molar-refractivity contribution in [3.05, 3.63) is 16.0 Å². The number of nitrogens with zero attached hydrogens (tertiary/aromatic N) is 2. The Bertz CT molecular complexity index is 421. The van der Waals surface area contributed by atoms with Crippen LogP contribution in [-0.4, -0.2) is 24.1 Å². The van der Waals surface area contributed by atoms with E-state index in [4.69, 9.17) is 4.74 Å². The molecule has 0 aliphatic heterocycles. The van der Waals surface area contributed by atoms with E-state index in [0.717, 1.165) is 34.7 Å². The summed E-state index contributed by atoms with van der Waals surface area (Å²) in [6.45, 7) is 2.15. The highest BCUT2D eigenvalue weighted by Gasteiger charge is 2.35. The molecule has 1 saturated carbocycles. The molecule has 0 spiro atoms. The third kappa shape index (κ3) is 2.83. The largest absolute Gasteiger partial charge is 0.373 e. The van der Waals surface area contributed by atoms with Crippen LogP contribution in [0.1, 0.15) is 43.8 Å². The number of aromatic nitrogens is 2. The Balaban J connectivity index is 2.36. The van der Waals surface area contributed by atoms with Crippen molar-refractivity contribution in [1.29, 1.82) is 0 Å². The average Bonchev–Trinajstić information content (AvgIpc) is 3.18. The number of aryl methyl sites for hydroxylation is 1. The van der Waals surface area contributed by atoms with Gasteiger partial charge in [0.2, 0.25) is 0 Å². The molecule has 0 bridgehead atoms. The maximum Gasteiger partial charge on any atom is 0.160 e. The highest BCUT2D eigenvalue weighted by atomic mass is 79.9. The highest BCUT2D eigenvalue weighted by molar-refractivity contribution is 9.10. The van der Waals surface area contributed by atoms with Crippen LogP contribution in [0.5, 0.6) is 0 Å². The number of hydrogen-bond acceptors (Lipinski definition) is 4. The summed E-state index contributed by atoms with van der Waals surface area (Å²) in [5.41, 5.74) is 1.06. The second-order valence-corrected chi connectivity index (χ2v) is 5.48. The van der Waals surface area contributed by atoms with Crippen LogP contribution in [0, 0.1) is 5.92 Å². The molecule has 1 unspecified atom stereocenters. The van der Waals surface area contributed by atoms with E-state index in [-0.39, 0.29) is 6.10 Å². The van der Waals surface area contributed by atoms with Gasteiger partial charge in [0.25, 0.3) is 0 Å². The Kier molecular flexibility index (Phi) is 4.56. The summed E-state index contributed by atoms with van der Waals surface area (Å²) < 4.78 is 6.54. The second kappa shape index (κ2) is 5.97. The molecule has 1 aliphatic rings. The zero-order valence-corrected chi connectivity index (χ0v) is 12.7. The molecule has 1 aromatic heterocycles. The SMILES string of the molecule is CCCc1nc(C(OC)C2CC2)nc(NC)c1Br. The molecule has 4 nitrogen and oxygen atoms in total. The van der Waals surface area contributed by atoms with E-state index in [1.54, 1.807) is 7.11 Å². The van der Waals surface area contributed by atoms with Crippen molar-refractivity contribution >= 4 is 21.7 Å². The van der Waals surface area contributed by atoms with Gasteiger partial charge in [-0.05, 0) is 41.1 Å². The van der Waals surface area contributed by atoms with E-state index in [0.29, 0.717) is 5.92 Å². The van der Waals surface area contributed by atoms with E-state index in [2.05, 4.69) is 38.1 Å². The Labute approximate surface area is 117 Å². The maximum atomic E-state index is 5.56. The summed E-state index contributed by atoms with van der Waals surface area (Å²) in [5.74, 6) is 2.26. The molecule has 1 fully saturated rings. The van der Waals surface area contributed by atoms with Gasteiger partial charge < -0.3 is 10.1 Å². The summed E-state index contributed by atoms with van der Waals surface area (Å²) in [4.78, 5) is 9.25. The predicted octanol–water partition coefficient (Wildman–Crippen LogP) is 3.33. The molecule has 1 heterocycles. The lowest BCUT2D eigenvalue weighted by atomic mass is 10.2. The topological polar surface area (TPSA) is 47.0 Å². The van der Waals surface area contributed by atoms with Crippen LogP contribution in [-0.2, 0) is 11.2 Å². The van der Waals surface area contributed by atoms with Crippen LogP contribution in [0.3, 0.4) is 0 Å². The minimum atomic E-state index is 0.0424. The molecule has 0 aromatic carbocycles. The van der Waals surface area contributed by atoms with Crippen molar-refractivity contribution in [3.63, 3.8) is 0 Å². The monoisotopic (exact) mass is 313 g/mol. The van der Waals surface area contributed by atoms with Crippen molar-refractivity contribution in [2.75, 3.05) is 19.5 Å². The Hall–Kier alpha value is -0.680. The fourth-order valence-electron chi connectivity index (χ4n) is 2.12. The lowest BCUT2D eigenvalue weighted by Crippen LogP contribution is -2.13. The molecule has 2 rings (SSSR count). The summed E-state index contributed by atoms with van der Waals surface area (Å²) >= 11 is 3.57. The van der Waals surface area contributed by atoms with Crippen molar-refractivity contribution in [2.45, 2.75) is 38.7 Å². The number of methoxy groups -OCH3 is 1. The van der Waals surface area contributed by atoms with Gasteiger partial charge >= 0.3 is 0 Å². The quantitative estimate of drug-likeness (QED) is 0.875. The zero-order valence-electron chi connectivity index (χ0n) is 11.2. The molecule has 1 atom stereocenters. The van der Waals surface area contributed by atoms with Crippen LogP contribution in [0.4, 0.5) is 5.82 Å². The zero-order chi connectivity index (χ0) is 13.1. The van der Waals surface area contributed by atoms with Crippen LogP contribution in [0.25, 0.3) is 0 Å². The fraction of sp³-hybridized carbons (Fsp3) is 0.692. The lowest BCUT2D eigenvalue weighted by molar-refractivity contribution is 0.0771. The molecule has 1 N–H and O–H groups in total. The van der Waals surface area contributed by atoms with Crippen molar-refractivity contribution in [1.82, 2.24) is 9.97 Å². The van der Waals surface area contributed by atoms with E-state index >= 15 is 0 Å². The summed E-state index contributed by atoms with van der Waals surface area (Å²) in [6.07, 6.45) is 4.50. The number of nitrogens with one attached hydrogen (secondary N) is 1. The summed E-state index contributed by atoms with van der Waals surface area (Å²) in [6, 6.07) is 0. The number of halogens is 1. The van der Waals surface area contributed by atoms with Gasteiger partial charge in [-0.15, -0.1) is 0 Å². The normalized spacial score (nSPS) is 16.7. The van der Waals surface area contributed by atoms with Gasteiger partial charge in [0.1, 0.15) is 11.9 Å². The fourth-order valence-corrected chi connectivity index (χ4v) is 2.69. The van der Waals surface area contributed by atoms with Gasteiger partial charge in [0, 0.05) is 14.2 Å². The van der Waals surface area contributed by atoms with Crippen LogP contribution >= 0.6 is 15.9 Å². The first-order chi connectivity index (χ1) is 8.71. The van der Waals surface area contributed by atoms with Gasteiger partial charge in [-0.2, -0.15) is 0 Å². The van der Waals surface area contributed by atoms with Gasteiger partial charge in [-0.1, -0.05) is 13.3 Å². The average molecular weight is 314 g/mol. The first kappa shape index (κ1) is 13.7. The maximum absolute atomic E-state index is 5.56. The second-order valence-electron chi connectivity index (χ2n) is 4.68. The molecule has 5 heteroatoms. The number of rotatable bonds is 6. The third-order valence-electron chi connectivity index (χ3n) is 3.22. The molecule has 0 amide bonds. The van der Waals surface area contributed by atoms with Gasteiger partial charge in [0.05, 0.1) is 10.2 Å². The van der Waals surface area contributed by atoms with E-state index < -0.39 is 0 Å². The minimum absolute atomic E-state index is 0.0424. The standard InChI is InChI=1S/C13H20BrN3O/c1-4-5-9-10(14)12(15-2)17-13(16-9)11(18-3)8-6-7-8/h8,11H,4-7H2,1-3H3,(H,15,16,17). The molecular formula is C13H20BrN3O. The molecule has 18 heavy (non-hydrogen) atoms.